The van der Waals surface area contributed by atoms with E-state index in [2.05, 4.69) is 0 Å². The molecule has 6 heteroatoms. The topological polar surface area (TPSA) is 40.6 Å². The first kappa shape index (κ1) is 17.4. The van der Waals surface area contributed by atoms with Gasteiger partial charge in [-0.1, -0.05) is 20.3 Å². The lowest BCUT2D eigenvalue weighted by atomic mass is 10.0. The molecule has 0 bridgehead atoms. The van der Waals surface area contributed by atoms with Gasteiger partial charge in [0, 0.05) is 38.2 Å². The van der Waals surface area contributed by atoms with Crippen molar-refractivity contribution < 1.29 is 18.4 Å². The molecule has 0 aromatic heterocycles. The first-order chi connectivity index (χ1) is 10.9. The first-order valence-electron chi connectivity index (χ1n) is 7.97. The van der Waals surface area contributed by atoms with Crippen molar-refractivity contribution in [2.75, 3.05) is 26.2 Å². The van der Waals surface area contributed by atoms with Gasteiger partial charge in [-0.15, -0.1) is 0 Å². The normalized spacial score (nSPS) is 16.3. The van der Waals surface area contributed by atoms with Crippen molar-refractivity contribution in [2.24, 2.45) is 5.92 Å². The number of hydrogen-bond acceptors (Lipinski definition) is 2. The zero-order valence-electron chi connectivity index (χ0n) is 13.5. The van der Waals surface area contributed by atoms with Gasteiger partial charge in [-0.25, -0.2) is 8.78 Å². The zero-order valence-corrected chi connectivity index (χ0v) is 13.5. The third-order valence-corrected chi connectivity index (χ3v) is 4.18. The molecular weight excluding hydrogens is 302 g/mol. The highest BCUT2D eigenvalue weighted by Gasteiger charge is 2.28. The molecule has 1 saturated heterocycles. The maximum absolute atomic E-state index is 13.7. The molecule has 0 radical (unpaired) electrons. The van der Waals surface area contributed by atoms with Crippen LogP contribution in [0.25, 0.3) is 0 Å². The molecule has 23 heavy (non-hydrogen) atoms. The molecule has 1 heterocycles. The number of benzene rings is 1. The maximum atomic E-state index is 13.7. The van der Waals surface area contributed by atoms with E-state index >= 15 is 0 Å². The van der Waals surface area contributed by atoms with Crippen LogP contribution in [0.4, 0.5) is 8.78 Å². The number of piperazine rings is 1. The number of nitrogens with zero attached hydrogens (tertiary/aromatic N) is 2. The Bertz CT molecular complexity index is 584. The number of carbonyl (C=O) groups excluding carboxylic acids is 2. The first-order valence-corrected chi connectivity index (χ1v) is 7.97. The van der Waals surface area contributed by atoms with Gasteiger partial charge in [-0.2, -0.15) is 0 Å². The Balaban J connectivity index is 1.96. The van der Waals surface area contributed by atoms with Crippen molar-refractivity contribution in [1.82, 2.24) is 9.80 Å². The van der Waals surface area contributed by atoms with Crippen molar-refractivity contribution in [3.05, 3.63) is 35.4 Å². The third-order valence-electron chi connectivity index (χ3n) is 4.18. The molecule has 1 atom stereocenters. The molecule has 1 aliphatic heterocycles. The lowest BCUT2D eigenvalue weighted by Gasteiger charge is -2.36. The second-order valence-corrected chi connectivity index (χ2v) is 5.93. The van der Waals surface area contributed by atoms with E-state index in [9.17, 15) is 18.4 Å². The van der Waals surface area contributed by atoms with Crippen molar-refractivity contribution in [2.45, 2.75) is 26.7 Å². The van der Waals surface area contributed by atoms with E-state index in [4.69, 9.17) is 0 Å². The summed E-state index contributed by atoms with van der Waals surface area (Å²) in [5.41, 5.74) is -0.134. The fourth-order valence-electron chi connectivity index (χ4n) is 2.83. The average Bonchev–Trinajstić information content (AvgIpc) is 2.54. The molecule has 1 aliphatic rings. The van der Waals surface area contributed by atoms with E-state index in [0.717, 1.165) is 25.0 Å². The molecule has 0 saturated carbocycles. The number of amides is 2. The van der Waals surface area contributed by atoms with Crippen LogP contribution in [0.15, 0.2) is 18.2 Å². The van der Waals surface area contributed by atoms with Crippen LogP contribution in [0, 0.1) is 17.6 Å². The quantitative estimate of drug-likeness (QED) is 0.854. The standard InChI is InChI=1S/C17H22F2N2O2/c1-3-4-12(2)16(22)20-7-9-21(10-8-20)17(23)14-6-5-13(18)11-15(14)19/h5-6,11-12H,3-4,7-10H2,1-2H3/t12-/m1/s1. The van der Waals surface area contributed by atoms with E-state index in [0.29, 0.717) is 32.2 Å². The summed E-state index contributed by atoms with van der Waals surface area (Å²) in [5.74, 6) is -1.94. The van der Waals surface area contributed by atoms with Gasteiger partial charge in [0.05, 0.1) is 5.56 Å². The largest absolute Gasteiger partial charge is 0.339 e. The summed E-state index contributed by atoms with van der Waals surface area (Å²) < 4.78 is 26.6. The van der Waals surface area contributed by atoms with Crippen molar-refractivity contribution in [3.63, 3.8) is 0 Å². The van der Waals surface area contributed by atoms with Gasteiger partial charge >= 0.3 is 0 Å². The van der Waals surface area contributed by atoms with Crippen molar-refractivity contribution in [3.8, 4) is 0 Å². The summed E-state index contributed by atoms with van der Waals surface area (Å²) in [4.78, 5) is 27.8. The summed E-state index contributed by atoms with van der Waals surface area (Å²) in [7, 11) is 0. The molecule has 126 valence electrons. The van der Waals surface area contributed by atoms with E-state index in [1.807, 2.05) is 13.8 Å². The minimum absolute atomic E-state index is 0.0169. The van der Waals surface area contributed by atoms with Gasteiger partial charge in [-0.3, -0.25) is 9.59 Å². The Morgan fingerprint density at radius 1 is 1.13 bits per heavy atom. The fourth-order valence-corrected chi connectivity index (χ4v) is 2.83. The van der Waals surface area contributed by atoms with Crippen LogP contribution in [0.3, 0.4) is 0 Å². The number of halogens is 2. The number of carbonyl (C=O) groups is 2. The Morgan fingerprint density at radius 2 is 1.74 bits per heavy atom. The molecule has 2 amide bonds. The minimum Gasteiger partial charge on any atom is -0.339 e. The van der Waals surface area contributed by atoms with E-state index in [1.165, 1.54) is 4.90 Å². The average molecular weight is 324 g/mol. The third kappa shape index (κ3) is 4.06. The van der Waals surface area contributed by atoms with Crippen LogP contribution < -0.4 is 0 Å². The highest BCUT2D eigenvalue weighted by Crippen LogP contribution is 2.16. The van der Waals surface area contributed by atoms with Gasteiger partial charge in [0.2, 0.25) is 5.91 Å². The Morgan fingerprint density at radius 3 is 2.30 bits per heavy atom. The molecule has 0 N–H and O–H groups in total. The summed E-state index contributed by atoms with van der Waals surface area (Å²) in [6.07, 6.45) is 1.80. The second kappa shape index (κ2) is 7.53. The highest BCUT2D eigenvalue weighted by atomic mass is 19.1. The van der Waals surface area contributed by atoms with E-state index in [-0.39, 0.29) is 17.4 Å². The van der Waals surface area contributed by atoms with Crippen LogP contribution >= 0.6 is 0 Å². The molecule has 0 aliphatic carbocycles. The van der Waals surface area contributed by atoms with Crippen molar-refractivity contribution in [1.29, 1.82) is 0 Å². The molecule has 0 unspecified atom stereocenters. The Kier molecular flexibility index (Phi) is 5.69. The summed E-state index contributed by atoms with van der Waals surface area (Å²) in [5, 5.41) is 0. The maximum Gasteiger partial charge on any atom is 0.256 e. The molecule has 4 nitrogen and oxygen atoms in total. The SMILES string of the molecule is CCC[C@@H](C)C(=O)N1CCN(C(=O)c2ccc(F)cc2F)CC1. The van der Waals surface area contributed by atoms with Crippen molar-refractivity contribution >= 4 is 11.8 Å². The predicted octanol–water partition coefficient (Wildman–Crippen LogP) is 2.69. The van der Waals surface area contributed by atoms with E-state index < -0.39 is 17.5 Å². The molecule has 1 fully saturated rings. The predicted molar refractivity (Wildman–Crippen MR) is 82.9 cm³/mol. The monoisotopic (exact) mass is 324 g/mol. The fraction of sp³-hybridized carbons (Fsp3) is 0.529. The Labute approximate surface area is 135 Å². The van der Waals surface area contributed by atoms with Gasteiger partial charge in [0.15, 0.2) is 0 Å². The number of hydrogen-bond donors (Lipinski definition) is 0. The highest BCUT2D eigenvalue weighted by molar-refractivity contribution is 5.94. The minimum atomic E-state index is -0.856. The van der Waals surface area contributed by atoms with Gasteiger partial charge in [0.1, 0.15) is 11.6 Å². The zero-order chi connectivity index (χ0) is 17.0. The van der Waals surface area contributed by atoms with Gasteiger partial charge < -0.3 is 9.80 Å². The summed E-state index contributed by atoms with van der Waals surface area (Å²) in [6.45, 7) is 5.57. The van der Waals surface area contributed by atoms with Crippen LogP contribution in [0.1, 0.15) is 37.0 Å². The second-order valence-electron chi connectivity index (χ2n) is 5.93. The Hall–Kier alpha value is -1.98. The van der Waals surface area contributed by atoms with Crippen LogP contribution in [0.2, 0.25) is 0 Å². The van der Waals surface area contributed by atoms with E-state index in [1.54, 1.807) is 4.90 Å². The molecule has 1 aromatic rings. The van der Waals surface area contributed by atoms with Crippen LogP contribution in [-0.2, 0) is 4.79 Å². The van der Waals surface area contributed by atoms with Gasteiger partial charge in [0.25, 0.3) is 5.91 Å². The summed E-state index contributed by atoms with van der Waals surface area (Å²) >= 11 is 0. The molecule has 1 aromatic carbocycles. The molecular formula is C17H22F2N2O2. The smallest absolute Gasteiger partial charge is 0.256 e. The summed E-state index contributed by atoms with van der Waals surface area (Å²) in [6, 6.07) is 2.94. The molecule has 2 rings (SSSR count). The van der Waals surface area contributed by atoms with Gasteiger partial charge in [-0.05, 0) is 18.6 Å². The van der Waals surface area contributed by atoms with Crippen LogP contribution in [0.5, 0.6) is 0 Å². The lowest BCUT2D eigenvalue weighted by Crippen LogP contribution is -2.51. The van der Waals surface area contributed by atoms with Crippen LogP contribution in [-0.4, -0.2) is 47.8 Å². The molecule has 0 spiro atoms. The lowest BCUT2D eigenvalue weighted by molar-refractivity contribution is -0.136. The number of rotatable bonds is 4.